The zero-order valence-corrected chi connectivity index (χ0v) is 13.3. The standard InChI is InChI=1S/C14H25N3OS/c1-5-6-11-12(9-18)19-13(15-11)17-8-7-16(4)14(2,3)10-17/h18H,5-10H2,1-4H3. The number of aliphatic hydroxyl groups is 1. The van der Waals surface area contributed by atoms with Gasteiger partial charge in [-0.3, -0.25) is 4.90 Å². The van der Waals surface area contributed by atoms with Gasteiger partial charge < -0.3 is 10.0 Å². The smallest absolute Gasteiger partial charge is 0.185 e. The molecule has 5 heteroatoms. The third-order valence-electron chi connectivity index (χ3n) is 3.98. The first kappa shape index (κ1) is 14.8. The van der Waals surface area contributed by atoms with Gasteiger partial charge >= 0.3 is 0 Å². The van der Waals surface area contributed by atoms with Gasteiger partial charge in [0.05, 0.1) is 17.2 Å². The summed E-state index contributed by atoms with van der Waals surface area (Å²) in [6, 6.07) is 0. The van der Waals surface area contributed by atoms with E-state index in [0.717, 1.165) is 48.2 Å². The monoisotopic (exact) mass is 283 g/mol. The molecule has 4 nitrogen and oxygen atoms in total. The van der Waals surface area contributed by atoms with Crippen LogP contribution in [0.1, 0.15) is 37.8 Å². The highest BCUT2D eigenvalue weighted by Gasteiger charge is 2.32. The predicted molar refractivity (Wildman–Crippen MR) is 81.0 cm³/mol. The van der Waals surface area contributed by atoms with Crippen LogP contribution in [-0.4, -0.2) is 47.2 Å². The van der Waals surface area contributed by atoms with E-state index in [-0.39, 0.29) is 12.1 Å². The van der Waals surface area contributed by atoms with Crippen molar-refractivity contribution in [3.05, 3.63) is 10.6 Å². The van der Waals surface area contributed by atoms with Gasteiger partial charge in [0.2, 0.25) is 0 Å². The second-order valence-electron chi connectivity index (χ2n) is 5.93. The molecule has 1 N–H and O–H groups in total. The number of piperazine rings is 1. The van der Waals surface area contributed by atoms with Crippen LogP contribution in [0.4, 0.5) is 5.13 Å². The number of aromatic nitrogens is 1. The molecule has 1 aliphatic heterocycles. The number of rotatable bonds is 4. The van der Waals surface area contributed by atoms with Crippen LogP contribution in [-0.2, 0) is 13.0 Å². The van der Waals surface area contributed by atoms with Gasteiger partial charge in [-0.25, -0.2) is 4.98 Å². The molecule has 108 valence electrons. The van der Waals surface area contributed by atoms with Crippen molar-refractivity contribution in [1.29, 1.82) is 0 Å². The Morgan fingerprint density at radius 3 is 2.68 bits per heavy atom. The summed E-state index contributed by atoms with van der Waals surface area (Å²) >= 11 is 1.65. The Labute approximate surface area is 120 Å². The van der Waals surface area contributed by atoms with Crippen LogP contribution in [0, 0.1) is 0 Å². The molecule has 1 saturated heterocycles. The largest absolute Gasteiger partial charge is 0.391 e. The maximum Gasteiger partial charge on any atom is 0.185 e. The molecule has 0 unspecified atom stereocenters. The Morgan fingerprint density at radius 1 is 1.37 bits per heavy atom. The van der Waals surface area contributed by atoms with Gasteiger partial charge in [0.1, 0.15) is 0 Å². The van der Waals surface area contributed by atoms with E-state index in [1.165, 1.54) is 0 Å². The third-order valence-corrected chi connectivity index (χ3v) is 5.13. The van der Waals surface area contributed by atoms with Crippen LogP contribution < -0.4 is 4.90 Å². The molecule has 1 aliphatic rings. The first-order valence-corrected chi connectivity index (χ1v) is 7.85. The summed E-state index contributed by atoms with van der Waals surface area (Å²) in [5.74, 6) is 0. The number of aryl methyl sites for hydroxylation is 1. The lowest BCUT2D eigenvalue weighted by Gasteiger charge is -2.45. The number of likely N-dealkylation sites (N-methyl/N-ethyl adjacent to an activating group) is 1. The van der Waals surface area contributed by atoms with Crippen LogP contribution in [0.3, 0.4) is 0 Å². The fourth-order valence-electron chi connectivity index (χ4n) is 2.46. The van der Waals surface area contributed by atoms with E-state index < -0.39 is 0 Å². The van der Waals surface area contributed by atoms with Crippen LogP contribution in [0.5, 0.6) is 0 Å². The normalized spacial score (nSPS) is 19.9. The summed E-state index contributed by atoms with van der Waals surface area (Å²) < 4.78 is 0. The zero-order chi connectivity index (χ0) is 14.0. The topological polar surface area (TPSA) is 39.6 Å². The maximum atomic E-state index is 9.45. The third kappa shape index (κ3) is 3.09. The van der Waals surface area contributed by atoms with Crippen LogP contribution in [0.2, 0.25) is 0 Å². The molecule has 1 aromatic heterocycles. The van der Waals surface area contributed by atoms with E-state index in [9.17, 15) is 5.11 Å². The average Bonchev–Trinajstić information content (AvgIpc) is 2.76. The molecule has 19 heavy (non-hydrogen) atoms. The molecule has 0 atom stereocenters. The number of hydrogen-bond acceptors (Lipinski definition) is 5. The molecule has 1 fully saturated rings. The van der Waals surface area contributed by atoms with Crippen LogP contribution >= 0.6 is 11.3 Å². The SMILES string of the molecule is CCCc1nc(N2CCN(C)C(C)(C)C2)sc1CO. The van der Waals surface area contributed by atoms with Crippen molar-refractivity contribution in [2.24, 2.45) is 0 Å². The highest BCUT2D eigenvalue weighted by molar-refractivity contribution is 7.15. The molecule has 2 rings (SSSR count). The lowest BCUT2D eigenvalue weighted by atomic mass is 10.0. The minimum Gasteiger partial charge on any atom is -0.391 e. The minimum atomic E-state index is 0.115. The minimum absolute atomic E-state index is 0.115. The summed E-state index contributed by atoms with van der Waals surface area (Å²) in [6.45, 7) is 9.88. The number of anilines is 1. The fraction of sp³-hybridized carbons (Fsp3) is 0.786. The fourth-order valence-corrected chi connectivity index (χ4v) is 3.46. The number of nitrogens with zero attached hydrogens (tertiary/aromatic N) is 3. The molecule has 0 radical (unpaired) electrons. The van der Waals surface area contributed by atoms with Crippen molar-refractivity contribution in [2.75, 3.05) is 31.6 Å². The lowest BCUT2D eigenvalue weighted by molar-refractivity contribution is 0.139. The van der Waals surface area contributed by atoms with Crippen molar-refractivity contribution in [3.63, 3.8) is 0 Å². The van der Waals surface area contributed by atoms with Crippen molar-refractivity contribution in [1.82, 2.24) is 9.88 Å². The van der Waals surface area contributed by atoms with Crippen LogP contribution in [0.25, 0.3) is 0 Å². The van der Waals surface area contributed by atoms with E-state index in [4.69, 9.17) is 4.98 Å². The van der Waals surface area contributed by atoms with E-state index in [2.05, 4.69) is 37.6 Å². The van der Waals surface area contributed by atoms with Crippen LogP contribution in [0.15, 0.2) is 0 Å². The highest BCUT2D eigenvalue weighted by atomic mass is 32.1. The van der Waals surface area contributed by atoms with Gasteiger partial charge in [-0.05, 0) is 27.3 Å². The first-order valence-electron chi connectivity index (χ1n) is 7.03. The van der Waals surface area contributed by atoms with Crippen molar-refractivity contribution in [3.8, 4) is 0 Å². The van der Waals surface area contributed by atoms with Gasteiger partial charge in [0, 0.05) is 25.2 Å². The first-order chi connectivity index (χ1) is 8.97. The molecular formula is C14H25N3OS. The van der Waals surface area contributed by atoms with Gasteiger partial charge in [-0.2, -0.15) is 0 Å². The van der Waals surface area contributed by atoms with Gasteiger partial charge in [-0.15, -0.1) is 0 Å². The average molecular weight is 283 g/mol. The second-order valence-corrected chi connectivity index (χ2v) is 6.99. The number of aliphatic hydroxyl groups excluding tert-OH is 1. The summed E-state index contributed by atoms with van der Waals surface area (Å²) in [4.78, 5) is 10.6. The summed E-state index contributed by atoms with van der Waals surface area (Å²) in [5.41, 5.74) is 1.26. The Bertz CT molecular complexity index is 430. The second kappa shape index (κ2) is 5.77. The maximum absolute atomic E-state index is 9.45. The highest BCUT2D eigenvalue weighted by Crippen LogP contribution is 2.30. The Hall–Kier alpha value is -0.650. The molecule has 0 saturated carbocycles. The molecular weight excluding hydrogens is 258 g/mol. The summed E-state index contributed by atoms with van der Waals surface area (Å²) in [6.07, 6.45) is 2.04. The van der Waals surface area contributed by atoms with Crippen molar-refractivity contribution in [2.45, 2.75) is 45.8 Å². The molecule has 2 heterocycles. The van der Waals surface area contributed by atoms with E-state index in [0.29, 0.717) is 0 Å². The van der Waals surface area contributed by atoms with Gasteiger partial charge in [0.15, 0.2) is 5.13 Å². The quantitative estimate of drug-likeness (QED) is 0.919. The Balaban J connectivity index is 2.18. The van der Waals surface area contributed by atoms with Gasteiger partial charge in [-0.1, -0.05) is 24.7 Å². The Kier molecular flexibility index (Phi) is 4.48. The van der Waals surface area contributed by atoms with E-state index >= 15 is 0 Å². The van der Waals surface area contributed by atoms with Gasteiger partial charge in [0.25, 0.3) is 0 Å². The molecule has 1 aromatic rings. The molecule has 0 bridgehead atoms. The van der Waals surface area contributed by atoms with Crippen molar-refractivity contribution < 1.29 is 5.11 Å². The molecule has 0 aromatic carbocycles. The lowest BCUT2D eigenvalue weighted by Crippen LogP contribution is -2.57. The zero-order valence-electron chi connectivity index (χ0n) is 12.4. The predicted octanol–water partition coefficient (Wildman–Crippen LogP) is 2.12. The summed E-state index contributed by atoms with van der Waals surface area (Å²) in [5, 5.41) is 10.5. The number of hydrogen-bond donors (Lipinski definition) is 1. The van der Waals surface area contributed by atoms with Crippen molar-refractivity contribution >= 4 is 16.5 Å². The van der Waals surface area contributed by atoms with E-state index in [1.54, 1.807) is 11.3 Å². The molecule has 0 amide bonds. The Morgan fingerprint density at radius 2 is 2.11 bits per heavy atom. The van der Waals surface area contributed by atoms with E-state index in [1.807, 2.05) is 0 Å². The molecule has 0 aliphatic carbocycles. The molecule has 0 spiro atoms. The summed E-state index contributed by atoms with van der Waals surface area (Å²) in [7, 11) is 2.18. The number of thiazole rings is 1.